The lowest BCUT2D eigenvalue weighted by Crippen LogP contribution is -2.28. The number of amides is 2. The lowest BCUT2D eigenvalue weighted by atomic mass is 10.1. The van der Waals surface area contributed by atoms with Gasteiger partial charge in [0.2, 0.25) is 5.28 Å². The molecule has 1 aromatic carbocycles. The minimum Gasteiger partial charge on any atom is -0.456 e. The number of fused-ring (bicyclic) bond motifs is 1. The van der Waals surface area contributed by atoms with E-state index in [2.05, 4.69) is 15.3 Å². The van der Waals surface area contributed by atoms with Crippen LogP contribution in [0.15, 0.2) is 35.0 Å². The first kappa shape index (κ1) is 17.6. The molecule has 9 heteroatoms. The Morgan fingerprint density at radius 3 is 2.54 bits per heavy atom. The number of nitrogens with zero attached hydrogens (tertiary/aromatic N) is 2. The fourth-order valence-electron chi connectivity index (χ4n) is 1.91. The van der Waals surface area contributed by atoms with Gasteiger partial charge in [0.1, 0.15) is 11.6 Å². The second-order valence-electron chi connectivity index (χ2n) is 4.65. The Kier molecular flexibility index (Phi) is 5.64. The molecule has 0 bridgehead atoms. The highest BCUT2D eigenvalue weighted by molar-refractivity contribution is 6.28. The van der Waals surface area contributed by atoms with Gasteiger partial charge >= 0.3 is 6.03 Å². The summed E-state index contributed by atoms with van der Waals surface area (Å²) in [6.07, 6.45) is 3.19. The number of primary amides is 1. The number of hydrogen-bond acceptors (Lipinski definition) is 4. The number of hydrogen-bond donors (Lipinski definition) is 2. The lowest BCUT2D eigenvalue weighted by Gasteiger charge is -1.98. The van der Waals surface area contributed by atoms with Crippen LogP contribution in [0.5, 0.6) is 0 Å². The number of rotatable bonds is 2. The van der Waals surface area contributed by atoms with Gasteiger partial charge in [-0.05, 0) is 30.7 Å². The van der Waals surface area contributed by atoms with Crippen LogP contribution < -0.4 is 11.1 Å². The van der Waals surface area contributed by atoms with Crippen LogP contribution in [0.3, 0.4) is 0 Å². The van der Waals surface area contributed by atoms with Crippen molar-refractivity contribution in [3.8, 4) is 0 Å². The summed E-state index contributed by atoms with van der Waals surface area (Å²) < 4.78 is 31.6. The van der Waals surface area contributed by atoms with Gasteiger partial charge in [0, 0.05) is 29.4 Å². The normalized spacial score (nSPS) is 10.2. The lowest BCUT2D eigenvalue weighted by molar-refractivity contribution is 0.247. The van der Waals surface area contributed by atoms with Crippen LogP contribution >= 0.6 is 11.6 Å². The summed E-state index contributed by atoms with van der Waals surface area (Å²) in [6.45, 7) is 1.69. The zero-order valence-corrected chi connectivity index (χ0v) is 13.3. The van der Waals surface area contributed by atoms with E-state index in [-0.39, 0.29) is 12.1 Å². The van der Waals surface area contributed by atoms with Crippen LogP contribution in [0.1, 0.15) is 11.3 Å². The van der Waals surface area contributed by atoms with Crippen LogP contribution in [0.25, 0.3) is 11.0 Å². The molecule has 2 heterocycles. The highest BCUT2D eigenvalue weighted by atomic mass is 35.5. The van der Waals surface area contributed by atoms with Crippen molar-refractivity contribution in [1.82, 2.24) is 15.3 Å². The molecule has 0 saturated carbocycles. The number of benzene rings is 1. The fourth-order valence-corrected chi connectivity index (χ4v) is 2.02. The molecule has 0 aliphatic rings. The molecule has 0 saturated heterocycles. The van der Waals surface area contributed by atoms with Crippen molar-refractivity contribution in [3.05, 3.63) is 58.8 Å². The van der Waals surface area contributed by atoms with Gasteiger partial charge < -0.3 is 15.5 Å². The van der Waals surface area contributed by atoms with Gasteiger partial charge in [0.05, 0.1) is 6.54 Å². The Morgan fingerprint density at radius 2 is 2.00 bits per heavy atom. The summed E-state index contributed by atoms with van der Waals surface area (Å²) in [7, 11) is 0. The first-order chi connectivity index (χ1) is 11.4. The van der Waals surface area contributed by atoms with Gasteiger partial charge in [-0.25, -0.2) is 23.5 Å². The zero-order chi connectivity index (χ0) is 17.7. The summed E-state index contributed by atoms with van der Waals surface area (Å²) in [5, 5.41) is 2.97. The van der Waals surface area contributed by atoms with Gasteiger partial charge in [-0.2, -0.15) is 0 Å². The molecule has 3 rings (SSSR count). The number of carbonyl (C=O) groups is 1. The molecule has 2 aromatic heterocycles. The number of halogens is 3. The highest BCUT2D eigenvalue weighted by Crippen LogP contribution is 2.28. The first-order valence-electron chi connectivity index (χ1n) is 6.71. The van der Waals surface area contributed by atoms with Gasteiger partial charge in [0.25, 0.3) is 0 Å². The molecule has 126 valence electrons. The van der Waals surface area contributed by atoms with E-state index in [0.717, 1.165) is 6.07 Å². The molecule has 0 fully saturated rings. The van der Waals surface area contributed by atoms with Crippen LogP contribution in [0.2, 0.25) is 5.28 Å². The Labute approximate surface area is 140 Å². The third-order valence-corrected chi connectivity index (χ3v) is 3.21. The SMILES string of the molecule is Cc1c(CNC(N)=O)oc2c(F)cc(F)cc12.Clc1ncccn1. The van der Waals surface area contributed by atoms with Crippen molar-refractivity contribution in [2.75, 3.05) is 0 Å². The maximum absolute atomic E-state index is 13.4. The highest BCUT2D eigenvalue weighted by Gasteiger charge is 2.15. The molecular weight excluding hydrogens is 342 g/mol. The number of urea groups is 1. The molecule has 3 N–H and O–H groups in total. The maximum atomic E-state index is 13.4. The smallest absolute Gasteiger partial charge is 0.312 e. The molecule has 0 atom stereocenters. The molecule has 0 radical (unpaired) electrons. The summed E-state index contributed by atoms with van der Waals surface area (Å²) in [4.78, 5) is 17.8. The van der Waals surface area contributed by atoms with Crippen LogP contribution in [-0.2, 0) is 6.54 Å². The minimum atomic E-state index is -0.770. The maximum Gasteiger partial charge on any atom is 0.312 e. The number of nitrogens with two attached hydrogens (primary N) is 1. The average Bonchev–Trinajstić information content (AvgIpc) is 2.84. The second kappa shape index (κ2) is 7.69. The van der Waals surface area contributed by atoms with Crippen LogP contribution in [-0.4, -0.2) is 16.0 Å². The van der Waals surface area contributed by atoms with Crippen molar-refractivity contribution in [1.29, 1.82) is 0 Å². The van der Waals surface area contributed by atoms with Gasteiger partial charge in [-0.3, -0.25) is 0 Å². The van der Waals surface area contributed by atoms with Gasteiger partial charge in [0.15, 0.2) is 11.4 Å². The van der Waals surface area contributed by atoms with E-state index in [9.17, 15) is 13.6 Å². The predicted molar refractivity (Wildman–Crippen MR) is 84.3 cm³/mol. The summed E-state index contributed by atoms with van der Waals surface area (Å²) in [5.41, 5.74) is 5.47. The number of furan rings is 1. The summed E-state index contributed by atoms with van der Waals surface area (Å²) in [5.74, 6) is -1.09. The van der Waals surface area contributed by atoms with E-state index in [1.807, 2.05) is 0 Å². The van der Waals surface area contributed by atoms with Crippen molar-refractivity contribution < 1.29 is 18.0 Å². The molecule has 24 heavy (non-hydrogen) atoms. The Bertz CT molecular complexity index is 856. The Balaban J connectivity index is 0.000000249. The first-order valence-corrected chi connectivity index (χ1v) is 7.09. The van der Waals surface area contributed by atoms with Crippen molar-refractivity contribution in [2.24, 2.45) is 5.73 Å². The Morgan fingerprint density at radius 1 is 1.33 bits per heavy atom. The fraction of sp³-hybridized carbons (Fsp3) is 0.133. The molecule has 3 aromatic rings. The van der Waals surface area contributed by atoms with Gasteiger partial charge in [-0.15, -0.1) is 0 Å². The molecule has 0 spiro atoms. The third kappa shape index (κ3) is 4.39. The largest absolute Gasteiger partial charge is 0.456 e. The quantitative estimate of drug-likeness (QED) is 0.690. The Hall–Kier alpha value is -2.74. The van der Waals surface area contributed by atoms with Crippen molar-refractivity contribution in [3.63, 3.8) is 0 Å². The van der Waals surface area contributed by atoms with Crippen molar-refractivity contribution in [2.45, 2.75) is 13.5 Å². The summed E-state index contributed by atoms with van der Waals surface area (Å²) in [6, 6.07) is 2.93. The van der Waals surface area contributed by atoms with Crippen LogP contribution in [0, 0.1) is 18.6 Å². The van der Waals surface area contributed by atoms with E-state index < -0.39 is 17.7 Å². The van der Waals surface area contributed by atoms with Crippen LogP contribution in [0.4, 0.5) is 13.6 Å². The molecule has 2 amide bonds. The molecule has 0 aliphatic heterocycles. The molecule has 0 aliphatic carbocycles. The summed E-state index contributed by atoms with van der Waals surface area (Å²) >= 11 is 5.32. The van der Waals surface area contributed by atoms with E-state index >= 15 is 0 Å². The van der Waals surface area contributed by atoms with E-state index in [1.165, 1.54) is 6.07 Å². The molecule has 6 nitrogen and oxygen atoms in total. The monoisotopic (exact) mass is 354 g/mol. The molecular formula is C15H13ClF2N4O2. The molecule has 0 unspecified atom stereocenters. The van der Waals surface area contributed by atoms with E-state index in [4.69, 9.17) is 21.8 Å². The number of carbonyl (C=O) groups excluding carboxylic acids is 1. The van der Waals surface area contributed by atoms with Gasteiger partial charge in [-0.1, -0.05) is 0 Å². The topological polar surface area (TPSA) is 94.0 Å². The standard InChI is InChI=1S/C11H10F2N2O2.C4H3ClN2/c1-5-7-2-6(12)3-8(13)10(7)17-9(5)4-15-11(14)16;5-4-6-2-1-3-7-4/h2-3H,4H2,1H3,(H3,14,15,16);1-3H. The van der Waals surface area contributed by atoms with E-state index in [1.54, 1.807) is 25.4 Å². The minimum absolute atomic E-state index is 0.0230. The third-order valence-electron chi connectivity index (χ3n) is 3.01. The second-order valence-corrected chi connectivity index (χ2v) is 4.99. The van der Waals surface area contributed by atoms with E-state index in [0.29, 0.717) is 22.0 Å². The number of aromatic nitrogens is 2. The number of nitrogens with one attached hydrogen (secondary N) is 1. The predicted octanol–water partition coefficient (Wildman–Crippen LogP) is 3.32. The van der Waals surface area contributed by atoms with Crippen molar-refractivity contribution >= 4 is 28.6 Å². The zero-order valence-electron chi connectivity index (χ0n) is 12.5. The number of aryl methyl sites for hydroxylation is 1. The average molecular weight is 355 g/mol.